The third kappa shape index (κ3) is 3.74. The average Bonchev–Trinajstić information content (AvgIpc) is 2.83. The molecule has 1 heterocycles. The predicted octanol–water partition coefficient (Wildman–Crippen LogP) is 2.74. The first-order valence-electron chi connectivity index (χ1n) is 5.67. The van der Waals surface area contributed by atoms with Crippen molar-refractivity contribution >= 4 is 11.8 Å². The zero-order valence-corrected chi connectivity index (χ0v) is 10.7. The van der Waals surface area contributed by atoms with Gasteiger partial charge in [0.1, 0.15) is 23.8 Å². The van der Waals surface area contributed by atoms with E-state index in [1.165, 1.54) is 7.11 Å². The Bertz CT molecular complexity index is 548. The molecule has 0 fully saturated rings. The van der Waals surface area contributed by atoms with Crippen molar-refractivity contribution in [1.82, 2.24) is 5.16 Å². The molecule has 6 nitrogen and oxygen atoms in total. The van der Waals surface area contributed by atoms with Crippen LogP contribution in [0.15, 0.2) is 34.9 Å². The number of nitrogens with one attached hydrogen (secondary N) is 1. The Morgan fingerprint density at radius 1 is 1.37 bits per heavy atom. The summed E-state index contributed by atoms with van der Waals surface area (Å²) < 4.78 is 15.0. The number of carbonyl (C=O) groups excluding carboxylic acids is 1. The van der Waals surface area contributed by atoms with Crippen LogP contribution in [-0.2, 0) is 11.3 Å². The lowest BCUT2D eigenvalue weighted by atomic mass is 10.3. The molecule has 0 saturated carbocycles. The molecule has 1 aromatic heterocycles. The molecular formula is C13H14N2O4. The molecule has 100 valence electrons. The fourth-order valence-electron chi connectivity index (χ4n) is 1.45. The van der Waals surface area contributed by atoms with Gasteiger partial charge in [0.2, 0.25) is 0 Å². The zero-order chi connectivity index (χ0) is 13.7. The van der Waals surface area contributed by atoms with E-state index < -0.39 is 6.09 Å². The Morgan fingerprint density at radius 2 is 2.11 bits per heavy atom. The Morgan fingerprint density at radius 3 is 2.68 bits per heavy atom. The lowest BCUT2D eigenvalue weighted by molar-refractivity contribution is 0.187. The quantitative estimate of drug-likeness (QED) is 0.917. The fourth-order valence-corrected chi connectivity index (χ4v) is 1.45. The Kier molecular flexibility index (Phi) is 4.02. The van der Waals surface area contributed by atoms with Crippen LogP contribution in [0, 0.1) is 6.92 Å². The summed E-state index contributed by atoms with van der Waals surface area (Å²) in [7, 11) is 1.31. The van der Waals surface area contributed by atoms with Crippen molar-refractivity contribution in [2.24, 2.45) is 0 Å². The maximum Gasteiger partial charge on any atom is 0.411 e. The van der Waals surface area contributed by atoms with Crippen LogP contribution in [0.25, 0.3) is 0 Å². The van der Waals surface area contributed by atoms with E-state index in [1.807, 2.05) is 13.0 Å². The number of carbonyl (C=O) groups is 1. The van der Waals surface area contributed by atoms with E-state index in [0.717, 1.165) is 11.5 Å². The van der Waals surface area contributed by atoms with Crippen LogP contribution in [0.4, 0.5) is 10.5 Å². The summed E-state index contributed by atoms with van der Waals surface area (Å²) in [6.07, 6.45) is -0.508. The molecule has 1 N–H and O–H groups in total. The minimum atomic E-state index is -0.508. The summed E-state index contributed by atoms with van der Waals surface area (Å²) in [6.45, 7) is 2.16. The second kappa shape index (κ2) is 5.90. The van der Waals surface area contributed by atoms with Crippen molar-refractivity contribution in [2.75, 3.05) is 12.4 Å². The van der Waals surface area contributed by atoms with Gasteiger partial charge in [-0.1, -0.05) is 5.16 Å². The second-order valence-corrected chi connectivity index (χ2v) is 3.86. The van der Waals surface area contributed by atoms with E-state index in [4.69, 9.17) is 9.26 Å². The highest BCUT2D eigenvalue weighted by atomic mass is 16.5. The summed E-state index contributed by atoms with van der Waals surface area (Å²) in [5.74, 6) is 1.42. The molecule has 0 saturated heterocycles. The fraction of sp³-hybridized carbons (Fsp3) is 0.231. The maximum absolute atomic E-state index is 11.0. The summed E-state index contributed by atoms with van der Waals surface area (Å²) in [5, 5.41) is 6.38. The molecule has 0 aliphatic heterocycles. The highest BCUT2D eigenvalue weighted by Crippen LogP contribution is 2.17. The number of hydrogen-bond donors (Lipinski definition) is 1. The molecule has 2 aromatic rings. The Balaban J connectivity index is 1.89. The molecule has 0 aliphatic rings. The van der Waals surface area contributed by atoms with E-state index >= 15 is 0 Å². The minimum absolute atomic E-state index is 0.334. The molecule has 19 heavy (non-hydrogen) atoms. The lowest BCUT2D eigenvalue weighted by Crippen LogP contribution is -2.10. The van der Waals surface area contributed by atoms with Gasteiger partial charge in [-0.2, -0.15) is 0 Å². The smallest absolute Gasteiger partial charge is 0.411 e. The number of rotatable bonds is 4. The Labute approximate surface area is 110 Å². The van der Waals surface area contributed by atoms with E-state index in [-0.39, 0.29) is 0 Å². The van der Waals surface area contributed by atoms with Crippen molar-refractivity contribution in [3.63, 3.8) is 0 Å². The van der Waals surface area contributed by atoms with E-state index in [1.54, 1.807) is 24.3 Å². The topological polar surface area (TPSA) is 73.6 Å². The van der Waals surface area contributed by atoms with Gasteiger partial charge in [0.15, 0.2) is 0 Å². The second-order valence-electron chi connectivity index (χ2n) is 3.86. The molecule has 1 aromatic carbocycles. The van der Waals surface area contributed by atoms with Gasteiger partial charge in [-0.05, 0) is 31.2 Å². The van der Waals surface area contributed by atoms with Gasteiger partial charge >= 0.3 is 6.09 Å². The first kappa shape index (κ1) is 12.9. The normalized spacial score (nSPS) is 10.0. The van der Waals surface area contributed by atoms with Crippen molar-refractivity contribution in [3.8, 4) is 5.75 Å². The molecule has 0 radical (unpaired) electrons. The van der Waals surface area contributed by atoms with Crippen molar-refractivity contribution in [1.29, 1.82) is 0 Å². The van der Waals surface area contributed by atoms with Gasteiger partial charge in [-0.15, -0.1) is 0 Å². The summed E-state index contributed by atoms with van der Waals surface area (Å²) >= 11 is 0. The van der Waals surface area contributed by atoms with Crippen molar-refractivity contribution in [3.05, 3.63) is 41.8 Å². The van der Waals surface area contributed by atoms with E-state index in [0.29, 0.717) is 18.0 Å². The lowest BCUT2D eigenvalue weighted by Gasteiger charge is -2.06. The molecular weight excluding hydrogens is 248 g/mol. The van der Waals surface area contributed by atoms with Crippen LogP contribution in [0.2, 0.25) is 0 Å². The third-order valence-electron chi connectivity index (χ3n) is 2.35. The van der Waals surface area contributed by atoms with Crippen LogP contribution in [0.1, 0.15) is 11.5 Å². The van der Waals surface area contributed by atoms with Gasteiger partial charge < -0.3 is 14.0 Å². The van der Waals surface area contributed by atoms with Gasteiger partial charge in [-0.25, -0.2) is 4.79 Å². The van der Waals surface area contributed by atoms with E-state index in [9.17, 15) is 4.79 Å². The number of methoxy groups -OCH3 is 1. The van der Waals surface area contributed by atoms with Gasteiger partial charge in [0.05, 0.1) is 7.11 Å². The first-order valence-corrected chi connectivity index (χ1v) is 5.67. The Hall–Kier alpha value is -2.50. The highest BCUT2D eigenvalue weighted by molar-refractivity contribution is 5.84. The largest absolute Gasteiger partial charge is 0.487 e. The number of amides is 1. The third-order valence-corrected chi connectivity index (χ3v) is 2.35. The first-order chi connectivity index (χ1) is 9.17. The summed E-state index contributed by atoms with van der Waals surface area (Å²) in [4.78, 5) is 11.0. The SMILES string of the molecule is COC(=O)Nc1ccc(OCc2cc(C)on2)cc1. The summed E-state index contributed by atoms with van der Waals surface area (Å²) in [6, 6.07) is 8.75. The van der Waals surface area contributed by atoms with Crippen LogP contribution in [0.3, 0.4) is 0 Å². The van der Waals surface area contributed by atoms with Gasteiger partial charge in [0.25, 0.3) is 0 Å². The molecule has 0 bridgehead atoms. The number of hydrogen-bond acceptors (Lipinski definition) is 5. The average molecular weight is 262 g/mol. The molecule has 0 aliphatic carbocycles. The monoisotopic (exact) mass is 262 g/mol. The van der Waals surface area contributed by atoms with Crippen LogP contribution in [-0.4, -0.2) is 18.4 Å². The van der Waals surface area contributed by atoms with Crippen LogP contribution < -0.4 is 10.1 Å². The number of nitrogens with zero attached hydrogens (tertiary/aromatic N) is 1. The predicted molar refractivity (Wildman–Crippen MR) is 68.0 cm³/mol. The highest BCUT2D eigenvalue weighted by Gasteiger charge is 2.03. The summed E-state index contributed by atoms with van der Waals surface area (Å²) in [5.41, 5.74) is 1.37. The van der Waals surface area contributed by atoms with Crippen LogP contribution >= 0.6 is 0 Å². The van der Waals surface area contributed by atoms with Gasteiger partial charge in [-0.3, -0.25) is 5.32 Å². The molecule has 0 atom stereocenters. The number of anilines is 1. The minimum Gasteiger partial charge on any atom is -0.487 e. The van der Waals surface area contributed by atoms with Crippen molar-refractivity contribution in [2.45, 2.75) is 13.5 Å². The van der Waals surface area contributed by atoms with Gasteiger partial charge in [0, 0.05) is 11.8 Å². The molecule has 1 amide bonds. The number of benzene rings is 1. The molecule has 2 rings (SSSR count). The number of aryl methyl sites for hydroxylation is 1. The molecule has 6 heteroatoms. The van der Waals surface area contributed by atoms with E-state index in [2.05, 4.69) is 15.2 Å². The van der Waals surface area contributed by atoms with Crippen LogP contribution in [0.5, 0.6) is 5.75 Å². The van der Waals surface area contributed by atoms with Crippen molar-refractivity contribution < 1.29 is 18.8 Å². The molecule has 0 spiro atoms. The number of aromatic nitrogens is 1. The maximum atomic E-state index is 11.0. The number of ether oxygens (including phenoxy) is 2. The zero-order valence-electron chi connectivity index (χ0n) is 10.7. The molecule has 0 unspecified atom stereocenters. The standard InChI is InChI=1S/C13H14N2O4/c1-9-7-11(15-19-9)8-18-12-5-3-10(4-6-12)14-13(16)17-2/h3-7H,8H2,1-2H3,(H,14,16).